The molecule has 10 heteroatoms. The van der Waals surface area contributed by atoms with Crippen molar-refractivity contribution in [3.05, 3.63) is 72.3 Å². The zero-order valence-corrected chi connectivity index (χ0v) is 21.0. The summed E-state index contributed by atoms with van der Waals surface area (Å²) >= 11 is 0. The number of nitrogens with zero attached hydrogens (tertiary/aromatic N) is 2. The summed E-state index contributed by atoms with van der Waals surface area (Å²) in [7, 11) is -3.68. The Hall–Kier alpha value is -4.02. The van der Waals surface area contributed by atoms with E-state index < -0.39 is 15.9 Å². The number of primary amides is 1. The van der Waals surface area contributed by atoms with E-state index in [1.807, 2.05) is 30.3 Å². The number of carbonyl (C=O) groups is 1. The number of ether oxygens (including phenoxy) is 1. The molecule has 0 fully saturated rings. The Bertz CT molecular complexity index is 1520. The van der Waals surface area contributed by atoms with Crippen LogP contribution in [0.1, 0.15) is 19.4 Å². The van der Waals surface area contributed by atoms with Crippen molar-refractivity contribution in [1.29, 1.82) is 0 Å². The third-order valence-electron chi connectivity index (χ3n) is 5.33. The molecule has 0 unspecified atom stereocenters. The van der Waals surface area contributed by atoms with Gasteiger partial charge in [0.1, 0.15) is 11.4 Å². The van der Waals surface area contributed by atoms with Crippen LogP contribution >= 0.6 is 0 Å². The Morgan fingerprint density at radius 1 is 1.00 bits per heavy atom. The summed E-state index contributed by atoms with van der Waals surface area (Å²) in [5.41, 5.74) is 7.73. The number of hydrogen-bond donors (Lipinski definition) is 3. The van der Waals surface area contributed by atoms with Crippen LogP contribution in [0.25, 0.3) is 22.0 Å². The van der Waals surface area contributed by atoms with Crippen molar-refractivity contribution in [3.8, 4) is 17.0 Å². The zero-order valence-electron chi connectivity index (χ0n) is 20.1. The average molecular weight is 506 g/mol. The highest BCUT2D eigenvalue weighted by Crippen LogP contribution is 2.33. The van der Waals surface area contributed by atoms with Gasteiger partial charge in [-0.3, -0.25) is 4.79 Å². The van der Waals surface area contributed by atoms with Gasteiger partial charge >= 0.3 is 0 Å². The van der Waals surface area contributed by atoms with Gasteiger partial charge in [-0.25, -0.2) is 13.1 Å². The summed E-state index contributed by atoms with van der Waals surface area (Å²) in [6.45, 7) is 5.13. The topological polar surface area (TPSA) is 136 Å². The van der Waals surface area contributed by atoms with E-state index in [2.05, 4.69) is 20.2 Å². The van der Waals surface area contributed by atoms with Crippen molar-refractivity contribution in [2.75, 3.05) is 11.9 Å². The maximum atomic E-state index is 12.9. The van der Waals surface area contributed by atoms with E-state index >= 15 is 0 Å². The zero-order chi connectivity index (χ0) is 25.9. The number of aryl methyl sites for hydroxylation is 1. The lowest BCUT2D eigenvalue weighted by molar-refractivity contribution is -0.119. The number of rotatable bonds is 9. The average Bonchev–Trinajstić information content (AvgIpc) is 2.83. The maximum absolute atomic E-state index is 12.9. The SMILES string of the molecule is Cc1ccc(-c2nnc(Nc3ccc(OCC(N)=O)cc3)c3ccccc23)cc1S(=O)(=O)NC(C)C. The number of nitrogens with two attached hydrogens (primary N) is 1. The number of nitrogens with one attached hydrogen (secondary N) is 2. The molecule has 0 spiro atoms. The van der Waals surface area contributed by atoms with E-state index in [4.69, 9.17) is 10.5 Å². The van der Waals surface area contributed by atoms with Gasteiger partial charge in [0.05, 0.1) is 4.90 Å². The quantitative estimate of drug-likeness (QED) is 0.314. The molecule has 1 aromatic heterocycles. The van der Waals surface area contributed by atoms with Gasteiger partial charge in [0.25, 0.3) is 5.91 Å². The lowest BCUT2D eigenvalue weighted by atomic mass is 10.0. The molecule has 4 rings (SSSR count). The molecule has 0 aliphatic heterocycles. The summed E-state index contributed by atoms with van der Waals surface area (Å²) in [5.74, 6) is 0.512. The number of fused-ring (bicyclic) bond motifs is 1. The highest BCUT2D eigenvalue weighted by molar-refractivity contribution is 7.89. The largest absolute Gasteiger partial charge is 0.484 e. The van der Waals surface area contributed by atoms with Crippen molar-refractivity contribution >= 4 is 38.2 Å². The summed E-state index contributed by atoms with van der Waals surface area (Å²) in [6.07, 6.45) is 0. The second kappa shape index (κ2) is 10.3. The van der Waals surface area contributed by atoms with Crippen molar-refractivity contribution < 1.29 is 17.9 Å². The van der Waals surface area contributed by atoms with E-state index in [-0.39, 0.29) is 17.5 Å². The lowest BCUT2D eigenvalue weighted by Crippen LogP contribution is -2.30. The minimum absolute atomic E-state index is 0.195. The molecule has 4 N–H and O–H groups in total. The summed E-state index contributed by atoms with van der Waals surface area (Å²) in [5, 5.41) is 13.8. The molecule has 0 saturated carbocycles. The van der Waals surface area contributed by atoms with Gasteiger partial charge in [0, 0.05) is 28.1 Å². The van der Waals surface area contributed by atoms with Gasteiger partial charge < -0.3 is 15.8 Å². The normalized spacial score (nSPS) is 11.6. The second-order valence-corrected chi connectivity index (χ2v) is 10.3. The predicted molar refractivity (Wildman–Crippen MR) is 140 cm³/mol. The van der Waals surface area contributed by atoms with Crippen LogP contribution in [0.5, 0.6) is 5.75 Å². The predicted octanol–water partition coefficient (Wildman–Crippen LogP) is 3.90. The van der Waals surface area contributed by atoms with Crippen LogP contribution in [0, 0.1) is 6.92 Å². The van der Waals surface area contributed by atoms with Gasteiger partial charge in [-0.2, -0.15) is 0 Å². The standard InChI is InChI=1S/C26H27N5O4S/c1-16(2)31-36(33,34)23-14-18(9-8-17(23)3)25-21-6-4-5-7-22(21)26(30-29-25)28-19-10-12-20(13-11-19)35-15-24(27)32/h4-14,16,31H,15H2,1-3H3,(H2,27,32)(H,28,30). The molecule has 0 bridgehead atoms. The molecular formula is C26H27N5O4S. The Morgan fingerprint density at radius 2 is 1.69 bits per heavy atom. The van der Waals surface area contributed by atoms with E-state index in [9.17, 15) is 13.2 Å². The molecule has 0 saturated heterocycles. The molecule has 1 heterocycles. The molecule has 0 aliphatic rings. The minimum atomic E-state index is -3.68. The van der Waals surface area contributed by atoms with Crippen LogP contribution in [0.4, 0.5) is 11.5 Å². The van der Waals surface area contributed by atoms with Crippen LogP contribution in [-0.4, -0.2) is 37.2 Å². The smallest absolute Gasteiger partial charge is 0.255 e. The molecule has 186 valence electrons. The van der Waals surface area contributed by atoms with Gasteiger partial charge in [0.15, 0.2) is 12.4 Å². The van der Waals surface area contributed by atoms with Gasteiger partial charge in [-0.05, 0) is 56.7 Å². The van der Waals surface area contributed by atoms with Crippen molar-refractivity contribution in [2.24, 2.45) is 5.73 Å². The van der Waals surface area contributed by atoms with E-state index in [1.54, 1.807) is 57.2 Å². The fourth-order valence-electron chi connectivity index (χ4n) is 3.75. The third-order valence-corrected chi connectivity index (χ3v) is 7.13. The molecule has 4 aromatic rings. The molecule has 3 aromatic carbocycles. The number of sulfonamides is 1. The third kappa shape index (κ3) is 5.61. The molecule has 0 aliphatic carbocycles. The Kier molecular flexibility index (Phi) is 7.18. The molecule has 0 radical (unpaired) electrons. The molecule has 36 heavy (non-hydrogen) atoms. The Balaban J connectivity index is 1.69. The second-order valence-electron chi connectivity index (χ2n) is 8.60. The first-order valence-electron chi connectivity index (χ1n) is 11.3. The number of hydrogen-bond acceptors (Lipinski definition) is 7. The van der Waals surface area contributed by atoms with Crippen LogP contribution in [0.3, 0.4) is 0 Å². The number of carbonyl (C=O) groups excluding carboxylic acids is 1. The monoisotopic (exact) mass is 505 g/mol. The molecular weight excluding hydrogens is 478 g/mol. The molecule has 9 nitrogen and oxygen atoms in total. The van der Waals surface area contributed by atoms with Crippen LogP contribution < -0.4 is 20.5 Å². The Labute approximate surface area is 209 Å². The first-order valence-corrected chi connectivity index (χ1v) is 12.8. The first kappa shape index (κ1) is 25.1. The van der Waals surface area contributed by atoms with E-state index in [0.29, 0.717) is 28.4 Å². The highest BCUT2D eigenvalue weighted by Gasteiger charge is 2.20. The van der Waals surface area contributed by atoms with Crippen molar-refractivity contribution in [1.82, 2.24) is 14.9 Å². The fraction of sp³-hybridized carbons (Fsp3) is 0.192. The number of anilines is 2. The first-order chi connectivity index (χ1) is 17.1. The summed E-state index contributed by atoms with van der Waals surface area (Å²) < 4.78 is 33.7. The molecule has 0 atom stereocenters. The van der Waals surface area contributed by atoms with Crippen molar-refractivity contribution in [2.45, 2.75) is 31.7 Å². The van der Waals surface area contributed by atoms with Crippen molar-refractivity contribution in [3.63, 3.8) is 0 Å². The highest BCUT2D eigenvalue weighted by atomic mass is 32.2. The van der Waals surface area contributed by atoms with E-state index in [0.717, 1.165) is 16.5 Å². The maximum Gasteiger partial charge on any atom is 0.255 e. The molecule has 1 amide bonds. The van der Waals surface area contributed by atoms with Gasteiger partial charge in [-0.1, -0.05) is 36.4 Å². The summed E-state index contributed by atoms with van der Waals surface area (Å²) in [6, 6.07) is 19.7. The lowest BCUT2D eigenvalue weighted by Gasteiger charge is -2.14. The van der Waals surface area contributed by atoms with Crippen LogP contribution in [0.15, 0.2) is 71.6 Å². The van der Waals surface area contributed by atoms with Gasteiger partial charge in [-0.15, -0.1) is 10.2 Å². The van der Waals surface area contributed by atoms with Crippen LogP contribution in [-0.2, 0) is 14.8 Å². The number of amides is 1. The number of benzene rings is 3. The van der Waals surface area contributed by atoms with E-state index in [1.165, 1.54) is 0 Å². The fourth-order valence-corrected chi connectivity index (χ4v) is 5.27. The minimum Gasteiger partial charge on any atom is -0.484 e. The summed E-state index contributed by atoms with van der Waals surface area (Å²) in [4.78, 5) is 11.1. The Morgan fingerprint density at radius 3 is 2.36 bits per heavy atom. The van der Waals surface area contributed by atoms with Gasteiger partial charge in [0.2, 0.25) is 10.0 Å². The number of aromatic nitrogens is 2. The van der Waals surface area contributed by atoms with Crippen LogP contribution in [0.2, 0.25) is 0 Å².